The fourth-order valence-electron chi connectivity index (χ4n) is 2.33. The zero-order valence-electron chi connectivity index (χ0n) is 13.5. The van der Waals surface area contributed by atoms with E-state index in [1.807, 2.05) is 6.92 Å². The van der Waals surface area contributed by atoms with E-state index in [1.165, 1.54) is 17.8 Å². The Kier molecular flexibility index (Phi) is 5.52. The van der Waals surface area contributed by atoms with Crippen LogP contribution < -0.4 is 5.43 Å². The number of nitriles is 1. The molecule has 1 unspecified atom stereocenters. The molecule has 0 saturated heterocycles. The lowest BCUT2D eigenvalue weighted by atomic mass is 9.98. The summed E-state index contributed by atoms with van der Waals surface area (Å²) in [5.41, 5.74) is 1.01. The Balaban J connectivity index is 2.45. The van der Waals surface area contributed by atoms with Gasteiger partial charge in [0.25, 0.3) is 0 Å². The first kappa shape index (κ1) is 19.0. The SMILES string of the molecule is CCS/C(=N\c1ccc(C#N)c(C(F)(F)F)c1)C1(C)CC(C=O)=NN1. The van der Waals surface area contributed by atoms with E-state index >= 15 is 0 Å². The van der Waals surface area contributed by atoms with E-state index in [9.17, 15) is 18.0 Å². The van der Waals surface area contributed by atoms with Crippen molar-refractivity contribution in [3.8, 4) is 6.07 Å². The quantitative estimate of drug-likeness (QED) is 0.500. The van der Waals surface area contributed by atoms with Crippen LogP contribution in [-0.2, 0) is 11.0 Å². The Morgan fingerprint density at radius 3 is 2.80 bits per heavy atom. The molecule has 1 heterocycles. The van der Waals surface area contributed by atoms with Crippen LogP contribution in [0.4, 0.5) is 18.9 Å². The molecule has 0 aliphatic carbocycles. The number of carbonyl (C=O) groups is 1. The third-order valence-electron chi connectivity index (χ3n) is 3.53. The van der Waals surface area contributed by atoms with Crippen LogP contribution in [0.2, 0.25) is 0 Å². The summed E-state index contributed by atoms with van der Waals surface area (Å²) in [5, 5.41) is 13.3. The first-order chi connectivity index (χ1) is 11.7. The van der Waals surface area contributed by atoms with Gasteiger partial charge in [-0.25, -0.2) is 4.99 Å². The lowest BCUT2D eigenvalue weighted by Gasteiger charge is -2.25. The molecule has 2 rings (SSSR count). The van der Waals surface area contributed by atoms with Gasteiger partial charge in [0.1, 0.15) is 16.3 Å². The lowest BCUT2D eigenvalue weighted by molar-refractivity contribution is -0.137. The molecule has 1 aromatic rings. The first-order valence-electron chi connectivity index (χ1n) is 7.35. The Morgan fingerprint density at radius 2 is 2.28 bits per heavy atom. The summed E-state index contributed by atoms with van der Waals surface area (Å²) < 4.78 is 39.3. The Labute approximate surface area is 147 Å². The summed E-state index contributed by atoms with van der Waals surface area (Å²) in [6.07, 6.45) is -3.71. The molecule has 0 bridgehead atoms. The van der Waals surface area contributed by atoms with Gasteiger partial charge in [0.05, 0.1) is 22.9 Å². The van der Waals surface area contributed by atoms with E-state index in [-0.39, 0.29) is 5.69 Å². The maximum absolute atomic E-state index is 13.1. The topological polar surface area (TPSA) is 77.6 Å². The minimum Gasteiger partial charge on any atom is -0.297 e. The number of thioether (sulfide) groups is 1. The van der Waals surface area contributed by atoms with Crippen molar-refractivity contribution in [3.05, 3.63) is 29.3 Å². The second kappa shape index (κ2) is 7.27. The van der Waals surface area contributed by atoms with E-state index in [0.29, 0.717) is 29.2 Å². The number of nitrogens with zero attached hydrogens (tertiary/aromatic N) is 3. The summed E-state index contributed by atoms with van der Waals surface area (Å²) in [4.78, 5) is 15.2. The van der Waals surface area contributed by atoms with Gasteiger partial charge in [-0.3, -0.25) is 10.2 Å². The van der Waals surface area contributed by atoms with Gasteiger partial charge in [-0.05, 0) is 30.9 Å². The van der Waals surface area contributed by atoms with Crippen LogP contribution in [0.1, 0.15) is 31.4 Å². The number of aldehydes is 1. The van der Waals surface area contributed by atoms with E-state index in [4.69, 9.17) is 5.26 Å². The first-order valence-corrected chi connectivity index (χ1v) is 8.34. The zero-order chi connectivity index (χ0) is 18.7. The average Bonchev–Trinajstić information content (AvgIpc) is 2.96. The summed E-state index contributed by atoms with van der Waals surface area (Å²) in [6, 6.07) is 4.87. The number of hydrogen-bond donors (Lipinski definition) is 1. The van der Waals surface area contributed by atoms with Crippen molar-refractivity contribution in [2.24, 2.45) is 10.1 Å². The van der Waals surface area contributed by atoms with E-state index in [2.05, 4.69) is 15.5 Å². The fourth-order valence-corrected chi connectivity index (χ4v) is 3.21. The van der Waals surface area contributed by atoms with Crippen molar-refractivity contribution >= 4 is 34.5 Å². The average molecular weight is 368 g/mol. The molecule has 1 aliphatic rings. The highest BCUT2D eigenvalue weighted by molar-refractivity contribution is 8.14. The third-order valence-corrected chi connectivity index (χ3v) is 4.63. The highest BCUT2D eigenvalue weighted by atomic mass is 32.2. The second-order valence-corrected chi connectivity index (χ2v) is 6.78. The van der Waals surface area contributed by atoms with Crippen LogP contribution in [-0.4, -0.2) is 28.3 Å². The minimum atomic E-state index is -4.64. The predicted molar refractivity (Wildman–Crippen MR) is 91.0 cm³/mol. The highest BCUT2D eigenvalue weighted by Gasteiger charge is 2.37. The third kappa shape index (κ3) is 4.20. The number of nitrogens with one attached hydrogen (secondary N) is 1. The molecule has 0 fully saturated rings. The zero-order valence-corrected chi connectivity index (χ0v) is 14.3. The van der Waals surface area contributed by atoms with E-state index in [0.717, 1.165) is 12.1 Å². The van der Waals surface area contributed by atoms with Gasteiger partial charge in [0.15, 0.2) is 6.29 Å². The van der Waals surface area contributed by atoms with Gasteiger partial charge in [-0.1, -0.05) is 6.92 Å². The number of carbonyl (C=O) groups excluding carboxylic acids is 1. The van der Waals surface area contributed by atoms with Crippen LogP contribution in [0.3, 0.4) is 0 Å². The molecule has 132 valence electrons. The van der Waals surface area contributed by atoms with Gasteiger partial charge in [0.2, 0.25) is 0 Å². The second-order valence-electron chi connectivity index (χ2n) is 5.53. The van der Waals surface area contributed by atoms with E-state index < -0.39 is 22.8 Å². The van der Waals surface area contributed by atoms with Crippen molar-refractivity contribution < 1.29 is 18.0 Å². The summed E-state index contributed by atoms with van der Waals surface area (Å²) in [7, 11) is 0. The molecule has 9 heteroatoms. The van der Waals surface area contributed by atoms with Crippen molar-refractivity contribution in [1.29, 1.82) is 5.26 Å². The molecule has 1 aliphatic heterocycles. The van der Waals surface area contributed by atoms with Crippen LogP contribution in [0.25, 0.3) is 0 Å². The summed E-state index contributed by atoms with van der Waals surface area (Å²) in [6.45, 7) is 3.67. The molecule has 0 radical (unpaired) electrons. The van der Waals surface area contributed by atoms with Gasteiger partial charge >= 0.3 is 6.18 Å². The largest absolute Gasteiger partial charge is 0.417 e. The smallest absolute Gasteiger partial charge is 0.297 e. The molecule has 5 nitrogen and oxygen atoms in total. The Hall–Kier alpha value is -2.34. The van der Waals surface area contributed by atoms with Gasteiger partial charge < -0.3 is 0 Å². The molecular weight excluding hydrogens is 353 g/mol. The van der Waals surface area contributed by atoms with Crippen molar-refractivity contribution in [2.45, 2.75) is 32.0 Å². The summed E-state index contributed by atoms with van der Waals surface area (Å²) >= 11 is 1.36. The number of rotatable bonds is 4. The molecule has 1 atom stereocenters. The molecule has 0 amide bonds. The highest BCUT2D eigenvalue weighted by Crippen LogP contribution is 2.35. The molecule has 1 aromatic carbocycles. The van der Waals surface area contributed by atoms with Gasteiger partial charge in [-0.15, -0.1) is 11.8 Å². The monoisotopic (exact) mass is 368 g/mol. The lowest BCUT2D eigenvalue weighted by Crippen LogP contribution is -2.42. The number of aliphatic imine (C=N–C) groups is 1. The normalized spacial score (nSPS) is 20.6. The number of alkyl halides is 3. The van der Waals surface area contributed by atoms with E-state index in [1.54, 1.807) is 13.0 Å². The molecule has 0 aromatic heterocycles. The number of hydrogen-bond acceptors (Lipinski definition) is 6. The van der Waals surface area contributed by atoms with Gasteiger partial charge in [0, 0.05) is 6.42 Å². The molecule has 25 heavy (non-hydrogen) atoms. The summed E-state index contributed by atoms with van der Waals surface area (Å²) in [5.74, 6) is 0.648. The van der Waals surface area contributed by atoms with Crippen LogP contribution in [0, 0.1) is 11.3 Å². The molecular formula is C16H15F3N4OS. The van der Waals surface area contributed by atoms with Crippen LogP contribution in [0.5, 0.6) is 0 Å². The van der Waals surface area contributed by atoms with Crippen LogP contribution >= 0.6 is 11.8 Å². The standard InChI is InChI=1S/C16H15F3N4OS/c1-3-25-14(15(2)7-12(9-24)22-23-15)21-11-5-4-10(8-20)13(6-11)16(17,18)19/h4-6,9,23H,3,7H2,1-2H3/b21-14-. The Bertz CT molecular complexity index is 783. The number of halogens is 3. The van der Waals surface area contributed by atoms with Crippen LogP contribution in [0.15, 0.2) is 28.3 Å². The van der Waals surface area contributed by atoms with Gasteiger partial charge in [-0.2, -0.15) is 23.5 Å². The number of hydrazone groups is 1. The van der Waals surface area contributed by atoms with Crippen molar-refractivity contribution in [2.75, 3.05) is 5.75 Å². The maximum Gasteiger partial charge on any atom is 0.417 e. The Morgan fingerprint density at radius 1 is 1.56 bits per heavy atom. The molecule has 1 N–H and O–H groups in total. The number of benzene rings is 1. The molecule has 0 spiro atoms. The maximum atomic E-state index is 13.1. The molecule has 0 saturated carbocycles. The van der Waals surface area contributed by atoms with Crippen molar-refractivity contribution in [1.82, 2.24) is 5.43 Å². The predicted octanol–water partition coefficient (Wildman–Crippen LogP) is 3.67. The fraction of sp³-hybridized carbons (Fsp3) is 0.375. The minimum absolute atomic E-state index is 0.0878. The van der Waals surface area contributed by atoms with Crippen molar-refractivity contribution in [3.63, 3.8) is 0 Å².